The van der Waals surface area contributed by atoms with Crippen molar-refractivity contribution in [1.29, 1.82) is 0 Å². The summed E-state index contributed by atoms with van der Waals surface area (Å²) in [5.74, 6) is 0.935. The smallest absolute Gasteiger partial charge is 0.0122 e. The molecule has 13 heavy (non-hydrogen) atoms. The van der Waals surface area contributed by atoms with Crippen molar-refractivity contribution in [2.45, 2.75) is 45.2 Å². The number of fused-ring (bicyclic) bond motifs is 2. The van der Waals surface area contributed by atoms with E-state index in [1.165, 1.54) is 38.9 Å². The first-order valence-corrected chi connectivity index (χ1v) is 5.74. The molecule has 3 atom stereocenters. The van der Waals surface area contributed by atoms with Crippen LogP contribution in [0.1, 0.15) is 33.1 Å². The third kappa shape index (κ3) is 2.23. The van der Waals surface area contributed by atoms with E-state index in [1.807, 2.05) is 0 Å². The van der Waals surface area contributed by atoms with Crippen molar-refractivity contribution in [3.8, 4) is 0 Å². The molecule has 2 saturated heterocycles. The third-order valence-corrected chi connectivity index (χ3v) is 3.41. The maximum atomic E-state index is 3.71. The molecule has 0 aromatic carbocycles. The van der Waals surface area contributed by atoms with Gasteiger partial charge >= 0.3 is 0 Å². The molecule has 2 aliphatic rings. The Kier molecular flexibility index (Phi) is 2.89. The fourth-order valence-electron chi connectivity index (χ4n) is 2.83. The van der Waals surface area contributed by atoms with Crippen LogP contribution in [0.3, 0.4) is 0 Å². The summed E-state index contributed by atoms with van der Waals surface area (Å²) in [6.45, 7) is 8.54. The zero-order chi connectivity index (χ0) is 9.26. The molecule has 3 unspecified atom stereocenters. The van der Waals surface area contributed by atoms with Crippen LogP contribution >= 0.6 is 0 Å². The highest BCUT2D eigenvalue weighted by Gasteiger charge is 2.31. The standard InChI is InChI=1S/C11H22N2/c1-9(2)12-11-5-7-13-6-3-4-10(11)8-13/h9-12H,3-8H2,1-2H3. The Bertz CT molecular complexity index is 167. The Hall–Kier alpha value is -0.0800. The molecule has 2 rings (SSSR count). The molecule has 2 heteroatoms. The van der Waals surface area contributed by atoms with Crippen LogP contribution in [0.25, 0.3) is 0 Å². The van der Waals surface area contributed by atoms with Gasteiger partial charge in [0.1, 0.15) is 0 Å². The van der Waals surface area contributed by atoms with E-state index in [4.69, 9.17) is 0 Å². The molecule has 0 radical (unpaired) electrons. The van der Waals surface area contributed by atoms with E-state index in [0.29, 0.717) is 6.04 Å². The van der Waals surface area contributed by atoms with Crippen LogP contribution in [-0.4, -0.2) is 36.6 Å². The van der Waals surface area contributed by atoms with Gasteiger partial charge in [-0.3, -0.25) is 0 Å². The summed E-state index contributed by atoms with van der Waals surface area (Å²) >= 11 is 0. The summed E-state index contributed by atoms with van der Waals surface area (Å²) in [6.07, 6.45) is 4.23. The van der Waals surface area contributed by atoms with Crippen LogP contribution in [0.15, 0.2) is 0 Å². The zero-order valence-corrected chi connectivity index (χ0v) is 8.92. The van der Waals surface area contributed by atoms with E-state index in [1.54, 1.807) is 0 Å². The molecule has 1 N–H and O–H groups in total. The Balaban J connectivity index is 1.90. The second kappa shape index (κ2) is 3.97. The van der Waals surface area contributed by atoms with Gasteiger partial charge in [-0.15, -0.1) is 0 Å². The molecule has 2 fully saturated rings. The highest BCUT2D eigenvalue weighted by Crippen LogP contribution is 2.26. The van der Waals surface area contributed by atoms with Gasteiger partial charge in [-0.05, 0) is 38.3 Å². The molecule has 0 amide bonds. The second-order valence-electron chi connectivity index (χ2n) is 4.92. The minimum absolute atomic E-state index is 0.651. The van der Waals surface area contributed by atoms with Crippen molar-refractivity contribution in [2.75, 3.05) is 19.6 Å². The largest absolute Gasteiger partial charge is 0.311 e. The highest BCUT2D eigenvalue weighted by molar-refractivity contribution is 4.88. The molecule has 76 valence electrons. The van der Waals surface area contributed by atoms with E-state index in [2.05, 4.69) is 24.1 Å². The monoisotopic (exact) mass is 182 g/mol. The summed E-state index contributed by atoms with van der Waals surface area (Å²) in [5.41, 5.74) is 0. The van der Waals surface area contributed by atoms with Gasteiger partial charge in [-0.1, -0.05) is 13.8 Å². The van der Waals surface area contributed by atoms with E-state index in [-0.39, 0.29) is 0 Å². The molecule has 0 saturated carbocycles. The number of hydrogen-bond acceptors (Lipinski definition) is 2. The van der Waals surface area contributed by atoms with Gasteiger partial charge in [0.25, 0.3) is 0 Å². The molecule has 0 aliphatic carbocycles. The van der Waals surface area contributed by atoms with Gasteiger partial charge in [-0.25, -0.2) is 0 Å². The number of hydrogen-bond donors (Lipinski definition) is 1. The van der Waals surface area contributed by atoms with E-state index in [9.17, 15) is 0 Å². The maximum absolute atomic E-state index is 3.71. The summed E-state index contributed by atoms with van der Waals surface area (Å²) in [6, 6.07) is 1.45. The Labute approximate surface area is 81.7 Å². The van der Waals surface area contributed by atoms with Crippen molar-refractivity contribution in [3.05, 3.63) is 0 Å². The van der Waals surface area contributed by atoms with Gasteiger partial charge in [0.2, 0.25) is 0 Å². The van der Waals surface area contributed by atoms with Crippen molar-refractivity contribution < 1.29 is 0 Å². The Morgan fingerprint density at radius 1 is 1.23 bits per heavy atom. The predicted molar refractivity (Wildman–Crippen MR) is 55.8 cm³/mol. The van der Waals surface area contributed by atoms with Crippen molar-refractivity contribution in [3.63, 3.8) is 0 Å². The third-order valence-electron chi connectivity index (χ3n) is 3.41. The molecular weight excluding hydrogens is 160 g/mol. The Morgan fingerprint density at radius 3 is 2.85 bits per heavy atom. The molecule has 0 aromatic rings. The van der Waals surface area contributed by atoms with E-state index < -0.39 is 0 Å². The predicted octanol–water partition coefficient (Wildman–Crippen LogP) is 1.47. The van der Waals surface area contributed by atoms with Crippen LogP contribution in [0, 0.1) is 5.92 Å². The first-order valence-electron chi connectivity index (χ1n) is 5.74. The SMILES string of the molecule is CC(C)NC1CCN2CCCC1C2. The van der Waals surface area contributed by atoms with Crippen molar-refractivity contribution in [1.82, 2.24) is 10.2 Å². The van der Waals surface area contributed by atoms with Gasteiger partial charge in [0.05, 0.1) is 0 Å². The number of nitrogens with zero attached hydrogens (tertiary/aromatic N) is 1. The Morgan fingerprint density at radius 2 is 2.08 bits per heavy atom. The number of rotatable bonds is 2. The molecule has 0 aromatic heterocycles. The van der Waals surface area contributed by atoms with Gasteiger partial charge in [-0.2, -0.15) is 0 Å². The van der Waals surface area contributed by atoms with Crippen LogP contribution in [0.4, 0.5) is 0 Å². The minimum Gasteiger partial charge on any atom is -0.311 e. The lowest BCUT2D eigenvalue weighted by Gasteiger charge is -2.43. The topological polar surface area (TPSA) is 15.3 Å². The van der Waals surface area contributed by atoms with Gasteiger partial charge in [0.15, 0.2) is 0 Å². The number of piperidine rings is 2. The summed E-state index contributed by atoms with van der Waals surface area (Å²) in [7, 11) is 0. The second-order valence-corrected chi connectivity index (χ2v) is 4.92. The van der Waals surface area contributed by atoms with Crippen LogP contribution in [0.5, 0.6) is 0 Å². The van der Waals surface area contributed by atoms with Crippen LogP contribution in [0.2, 0.25) is 0 Å². The molecule has 2 nitrogen and oxygen atoms in total. The average molecular weight is 182 g/mol. The van der Waals surface area contributed by atoms with Crippen molar-refractivity contribution in [2.24, 2.45) is 5.92 Å². The van der Waals surface area contributed by atoms with Gasteiger partial charge in [0, 0.05) is 18.6 Å². The van der Waals surface area contributed by atoms with E-state index >= 15 is 0 Å². The molecule has 2 heterocycles. The minimum atomic E-state index is 0.651. The number of nitrogens with one attached hydrogen (secondary N) is 1. The maximum Gasteiger partial charge on any atom is 0.0122 e. The van der Waals surface area contributed by atoms with Crippen LogP contribution < -0.4 is 5.32 Å². The lowest BCUT2D eigenvalue weighted by molar-refractivity contribution is 0.0888. The fourth-order valence-corrected chi connectivity index (χ4v) is 2.83. The molecule has 2 aliphatic heterocycles. The molecule has 0 spiro atoms. The summed E-state index contributed by atoms with van der Waals surface area (Å²) < 4.78 is 0. The zero-order valence-electron chi connectivity index (χ0n) is 8.92. The molecule has 2 bridgehead atoms. The highest BCUT2D eigenvalue weighted by atomic mass is 15.2. The quantitative estimate of drug-likeness (QED) is 0.695. The average Bonchev–Trinajstić information content (AvgIpc) is 2.10. The summed E-state index contributed by atoms with van der Waals surface area (Å²) in [4.78, 5) is 2.63. The first kappa shape index (κ1) is 9.47. The summed E-state index contributed by atoms with van der Waals surface area (Å²) in [5, 5.41) is 3.71. The lowest BCUT2D eigenvalue weighted by atomic mass is 9.85. The molecular formula is C11H22N2. The normalized spacial score (nSPS) is 39.5. The van der Waals surface area contributed by atoms with Crippen LogP contribution in [-0.2, 0) is 0 Å². The van der Waals surface area contributed by atoms with Crippen molar-refractivity contribution >= 4 is 0 Å². The first-order chi connectivity index (χ1) is 6.25. The van der Waals surface area contributed by atoms with Gasteiger partial charge < -0.3 is 10.2 Å². The fraction of sp³-hybridized carbons (Fsp3) is 1.00. The lowest BCUT2D eigenvalue weighted by Crippen LogP contribution is -2.53. The van der Waals surface area contributed by atoms with E-state index in [0.717, 1.165) is 12.0 Å².